The lowest BCUT2D eigenvalue weighted by molar-refractivity contribution is -0.151. The van der Waals surface area contributed by atoms with Crippen LogP contribution in [0.5, 0.6) is 0 Å². The van der Waals surface area contributed by atoms with Crippen molar-refractivity contribution in [3.05, 3.63) is 0 Å². The van der Waals surface area contributed by atoms with Crippen LogP contribution in [0.1, 0.15) is 51.9 Å². The second-order valence-corrected chi connectivity index (χ2v) is 6.30. The van der Waals surface area contributed by atoms with Gasteiger partial charge in [0.1, 0.15) is 0 Å². The second kappa shape index (κ2) is 6.55. The van der Waals surface area contributed by atoms with E-state index in [-0.39, 0.29) is 11.9 Å². The molecule has 2 rings (SSSR count). The molecule has 0 aromatic carbocycles. The molecule has 0 amide bonds. The van der Waals surface area contributed by atoms with Crippen molar-refractivity contribution in [3.63, 3.8) is 0 Å². The third kappa shape index (κ3) is 3.47. The molecule has 2 fully saturated rings. The van der Waals surface area contributed by atoms with Gasteiger partial charge in [-0.2, -0.15) is 0 Å². The molecular weight excluding hydrogens is 226 g/mol. The van der Waals surface area contributed by atoms with Crippen LogP contribution in [-0.2, 0) is 9.53 Å². The Morgan fingerprint density at radius 2 is 2.00 bits per heavy atom. The van der Waals surface area contributed by atoms with E-state index in [0.717, 1.165) is 25.2 Å². The molecule has 4 unspecified atom stereocenters. The molecule has 0 heterocycles. The highest BCUT2D eigenvalue weighted by Gasteiger charge is 2.33. The first-order chi connectivity index (χ1) is 8.70. The third-order valence-electron chi connectivity index (χ3n) is 4.77. The first-order valence-corrected chi connectivity index (χ1v) is 7.57. The average molecular weight is 253 g/mol. The number of nitrogens with two attached hydrogens (primary N) is 1. The Bertz CT molecular complexity index is 280. The molecule has 0 aromatic heterocycles. The monoisotopic (exact) mass is 253 g/mol. The van der Waals surface area contributed by atoms with Crippen LogP contribution in [0.15, 0.2) is 0 Å². The Balaban J connectivity index is 1.74. The Labute approximate surface area is 110 Å². The molecule has 2 aliphatic carbocycles. The summed E-state index contributed by atoms with van der Waals surface area (Å²) >= 11 is 0. The van der Waals surface area contributed by atoms with Crippen LogP contribution >= 0.6 is 0 Å². The van der Waals surface area contributed by atoms with Gasteiger partial charge in [-0.05, 0) is 50.0 Å². The highest BCUT2D eigenvalue weighted by atomic mass is 16.5. The molecule has 0 radical (unpaired) electrons. The lowest BCUT2D eigenvalue weighted by Crippen LogP contribution is -2.29. The standard InChI is InChI=1S/C15H27NO2/c1-11-4-2-5-12(8-11)10-18-15(17)14-7-3-6-13(14)9-16/h11-14H,2-10,16H2,1H3. The number of rotatable bonds is 4. The van der Waals surface area contributed by atoms with Crippen molar-refractivity contribution in [1.29, 1.82) is 0 Å². The Kier molecular flexibility index (Phi) is 5.04. The molecule has 0 bridgehead atoms. The van der Waals surface area contributed by atoms with Gasteiger partial charge in [-0.15, -0.1) is 0 Å². The van der Waals surface area contributed by atoms with E-state index >= 15 is 0 Å². The summed E-state index contributed by atoms with van der Waals surface area (Å²) in [5, 5.41) is 0. The maximum Gasteiger partial charge on any atom is 0.309 e. The van der Waals surface area contributed by atoms with E-state index in [4.69, 9.17) is 10.5 Å². The quantitative estimate of drug-likeness (QED) is 0.784. The summed E-state index contributed by atoms with van der Waals surface area (Å²) in [7, 11) is 0. The van der Waals surface area contributed by atoms with Crippen LogP contribution in [0.3, 0.4) is 0 Å². The van der Waals surface area contributed by atoms with Crippen LogP contribution in [0, 0.1) is 23.7 Å². The molecule has 0 aromatic rings. The maximum absolute atomic E-state index is 12.1. The van der Waals surface area contributed by atoms with Crippen molar-refractivity contribution >= 4 is 5.97 Å². The molecule has 2 saturated carbocycles. The smallest absolute Gasteiger partial charge is 0.309 e. The zero-order valence-corrected chi connectivity index (χ0v) is 11.6. The minimum Gasteiger partial charge on any atom is -0.465 e. The lowest BCUT2D eigenvalue weighted by Gasteiger charge is -2.27. The number of ether oxygens (including phenoxy) is 1. The number of carbonyl (C=O) groups excluding carboxylic acids is 1. The van der Waals surface area contributed by atoms with Gasteiger partial charge in [-0.25, -0.2) is 0 Å². The summed E-state index contributed by atoms with van der Waals surface area (Å²) in [5.74, 6) is 1.85. The molecule has 104 valence electrons. The van der Waals surface area contributed by atoms with Crippen LogP contribution in [0.4, 0.5) is 0 Å². The van der Waals surface area contributed by atoms with Crippen molar-refractivity contribution in [1.82, 2.24) is 0 Å². The lowest BCUT2D eigenvalue weighted by atomic mass is 9.83. The maximum atomic E-state index is 12.1. The number of hydrogen-bond donors (Lipinski definition) is 1. The van der Waals surface area contributed by atoms with Gasteiger partial charge in [0.15, 0.2) is 0 Å². The fourth-order valence-electron chi connectivity index (χ4n) is 3.65. The Hall–Kier alpha value is -0.570. The minimum absolute atomic E-state index is 0.0150. The first-order valence-electron chi connectivity index (χ1n) is 7.57. The van der Waals surface area contributed by atoms with Crippen molar-refractivity contribution < 1.29 is 9.53 Å². The first kappa shape index (κ1) is 13.9. The zero-order chi connectivity index (χ0) is 13.0. The topological polar surface area (TPSA) is 52.3 Å². The highest BCUT2D eigenvalue weighted by Crippen LogP contribution is 2.33. The molecule has 3 heteroatoms. The van der Waals surface area contributed by atoms with E-state index in [0.29, 0.717) is 25.0 Å². The molecule has 2 aliphatic rings. The van der Waals surface area contributed by atoms with Gasteiger partial charge in [0.2, 0.25) is 0 Å². The van der Waals surface area contributed by atoms with Gasteiger partial charge in [-0.3, -0.25) is 4.79 Å². The number of carbonyl (C=O) groups is 1. The Morgan fingerprint density at radius 1 is 1.22 bits per heavy atom. The Morgan fingerprint density at radius 3 is 2.72 bits per heavy atom. The number of hydrogen-bond acceptors (Lipinski definition) is 3. The normalized spacial score (nSPS) is 36.6. The average Bonchev–Trinajstić information content (AvgIpc) is 2.84. The molecule has 0 saturated heterocycles. The van der Waals surface area contributed by atoms with Crippen LogP contribution in [0.2, 0.25) is 0 Å². The van der Waals surface area contributed by atoms with Gasteiger partial charge in [0.25, 0.3) is 0 Å². The van der Waals surface area contributed by atoms with Crippen LogP contribution in [0.25, 0.3) is 0 Å². The highest BCUT2D eigenvalue weighted by molar-refractivity contribution is 5.73. The second-order valence-electron chi connectivity index (χ2n) is 6.30. The molecule has 0 spiro atoms. The summed E-state index contributed by atoms with van der Waals surface area (Å²) in [4.78, 5) is 12.1. The summed E-state index contributed by atoms with van der Waals surface area (Å²) in [5.41, 5.74) is 5.71. The molecule has 18 heavy (non-hydrogen) atoms. The van der Waals surface area contributed by atoms with E-state index in [1.165, 1.54) is 25.7 Å². The minimum atomic E-state index is 0.0150. The largest absolute Gasteiger partial charge is 0.465 e. The van der Waals surface area contributed by atoms with Crippen molar-refractivity contribution in [3.8, 4) is 0 Å². The predicted octanol–water partition coefficient (Wildman–Crippen LogP) is 2.73. The van der Waals surface area contributed by atoms with Gasteiger partial charge in [-0.1, -0.05) is 26.2 Å². The molecular formula is C15H27NO2. The fourth-order valence-corrected chi connectivity index (χ4v) is 3.65. The van der Waals surface area contributed by atoms with Crippen LogP contribution in [-0.4, -0.2) is 19.1 Å². The van der Waals surface area contributed by atoms with Crippen LogP contribution < -0.4 is 5.73 Å². The van der Waals surface area contributed by atoms with Gasteiger partial charge in [0, 0.05) is 0 Å². The predicted molar refractivity (Wildman–Crippen MR) is 72.0 cm³/mol. The molecule has 2 N–H and O–H groups in total. The summed E-state index contributed by atoms with van der Waals surface area (Å²) < 4.78 is 5.55. The van der Waals surface area contributed by atoms with Crippen molar-refractivity contribution in [2.75, 3.05) is 13.2 Å². The van der Waals surface area contributed by atoms with Gasteiger partial charge in [0.05, 0.1) is 12.5 Å². The molecule has 4 atom stereocenters. The van der Waals surface area contributed by atoms with E-state index in [2.05, 4.69) is 6.92 Å². The fraction of sp³-hybridized carbons (Fsp3) is 0.933. The van der Waals surface area contributed by atoms with Gasteiger partial charge >= 0.3 is 5.97 Å². The van der Waals surface area contributed by atoms with E-state index in [1.807, 2.05) is 0 Å². The van der Waals surface area contributed by atoms with E-state index in [1.54, 1.807) is 0 Å². The molecule has 3 nitrogen and oxygen atoms in total. The molecule has 0 aliphatic heterocycles. The zero-order valence-electron chi connectivity index (χ0n) is 11.6. The van der Waals surface area contributed by atoms with Crippen molar-refractivity contribution in [2.24, 2.45) is 29.4 Å². The summed E-state index contributed by atoms with van der Waals surface area (Å²) in [6.07, 6.45) is 8.27. The van der Waals surface area contributed by atoms with Crippen molar-refractivity contribution in [2.45, 2.75) is 51.9 Å². The summed E-state index contributed by atoms with van der Waals surface area (Å²) in [6, 6.07) is 0. The number of esters is 1. The van der Waals surface area contributed by atoms with Gasteiger partial charge < -0.3 is 10.5 Å². The summed E-state index contributed by atoms with van der Waals surface area (Å²) in [6.45, 7) is 3.56. The third-order valence-corrected chi connectivity index (χ3v) is 4.77. The van der Waals surface area contributed by atoms with E-state index in [9.17, 15) is 4.79 Å². The SMILES string of the molecule is CC1CCCC(COC(=O)C2CCCC2CN)C1. The van der Waals surface area contributed by atoms with E-state index < -0.39 is 0 Å².